The van der Waals surface area contributed by atoms with E-state index in [1.807, 2.05) is 0 Å². The van der Waals surface area contributed by atoms with Crippen LogP contribution in [0.4, 0.5) is 26.7 Å². The Bertz CT molecular complexity index is 749. The van der Waals surface area contributed by atoms with Gasteiger partial charge in [0, 0.05) is 13.1 Å². The van der Waals surface area contributed by atoms with Crippen LogP contribution in [0.2, 0.25) is 0 Å². The van der Waals surface area contributed by atoms with Crippen molar-refractivity contribution in [3.05, 3.63) is 0 Å². The van der Waals surface area contributed by atoms with Crippen LogP contribution in [0.1, 0.15) is 61.3 Å². The maximum atomic E-state index is 14.9. The van der Waals surface area contributed by atoms with Crippen molar-refractivity contribution in [3.8, 4) is 0 Å². The van der Waals surface area contributed by atoms with Crippen LogP contribution in [0.15, 0.2) is 0 Å². The van der Waals surface area contributed by atoms with Crippen molar-refractivity contribution in [1.82, 2.24) is 9.96 Å². The van der Waals surface area contributed by atoms with Crippen LogP contribution in [0.25, 0.3) is 0 Å². The smallest absolute Gasteiger partial charge is 0.475 e. The fourth-order valence-electron chi connectivity index (χ4n) is 3.99. The van der Waals surface area contributed by atoms with E-state index in [9.17, 15) is 37.0 Å². The van der Waals surface area contributed by atoms with Crippen LogP contribution in [-0.2, 0) is 4.79 Å². The van der Waals surface area contributed by atoms with Crippen molar-refractivity contribution in [1.29, 1.82) is 0 Å². The van der Waals surface area contributed by atoms with Gasteiger partial charge in [-0.05, 0) is 46.0 Å². The third-order valence-corrected chi connectivity index (χ3v) is 6.49. The van der Waals surface area contributed by atoms with Crippen molar-refractivity contribution >= 4 is 12.1 Å². The number of amides is 1. The molecule has 0 aromatic carbocycles. The number of carboxylic acid groups (broad SMARTS) is 2. The Balaban J connectivity index is 0.000000550. The number of piperidine rings is 2. The van der Waals surface area contributed by atoms with Gasteiger partial charge in [-0.15, -0.1) is 0 Å². The van der Waals surface area contributed by atoms with Gasteiger partial charge in [-0.3, -0.25) is 0 Å². The van der Waals surface area contributed by atoms with E-state index in [1.54, 1.807) is 20.8 Å². The number of rotatable bonds is 0. The Morgan fingerprint density at radius 3 is 1.57 bits per heavy atom. The van der Waals surface area contributed by atoms with Gasteiger partial charge in [0.05, 0.1) is 23.8 Å². The van der Waals surface area contributed by atoms with Crippen LogP contribution in [-0.4, -0.2) is 102 Å². The highest BCUT2D eigenvalue weighted by molar-refractivity contribution is 5.73. The first-order valence-corrected chi connectivity index (χ1v) is 10.8. The zero-order chi connectivity index (χ0) is 28.4. The number of aliphatic carboxylic acids is 1. The average molecular weight is 525 g/mol. The third kappa shape index (κ3) is 8.40. The number of hydrogen-bond donors (Lipinski definition) is 5. The second kappa shape index (κ2) is 10.7. The van der Waals surface area contributed by atoms with Crippen LogP contribution in [0.3, 0.4) is 0 Å². The molecule has 2 saturated heterocycles. The fourth-order valence-corrected chi connectivity index (χ4v) is 3.99. The van der Waals surface area contributed by atoms with E-state index in [0.29, 0.717) is 6.54 Å². The third-order valence-electron chi connectivity index (χ3n) is 6.49. The zero-order valence-electron chi connectivity index (χ0n) is 20.9. The minimum absolute atomic E-state index is 0.110. The molecular weight excluding hydrogens is 487 g/mol. The van der Waals surface area contributed by atoms with E-state index in [1.165, 1.54) is 27.7 Å². The van der Waals surface area contributed by atoms with Crippen molar-refractivity contribution in [2.45, 2.75) is 96.1 Å². The number of hydroxylamine groups is 2. The molecule has 2 aliphatic rings. The van der Waals surface area contributed by atoms with Crippen molar-refractivity contribution in [2.75, 3.05) is 19.6 Å². The lowest BCUT2D eigenvalue weighted by atomic mass is 9.67. The maximum Gasteiger partial charge on any atom is 0.490 e. The summed E-state index contributed by atoms with van der Waals surface area (Å²) < 4.78 is 60.0. The number of carboxylic acids is 1. The first kappa shape index (κ1) is 33.2. The standard InChI is InChI=1S/C12H22FNO3.C7H14FNO2.C2HF3O2/c1-10(2,3)8-12(5,13)11(4,17)6-7-14(8)9(15)16;1-6(8)5-9(11)4-3-7(6,2)10;3-2(4,5)1(6)7/h8,17H,6-7H2,1-5H3,(H,15,16);10-11H,3-5H2,1-2H3;(H,6,7). The van der Waals surface area contributed by atoms with Gasteiger partial charge >= 0.3 is 18.2 Å². The van der Waals surface area contributed by atoms with E-state index in [2.05, 4.69) is 0 Å². The molecule has 14 heteroatoms. The van der Waals surface area contributed by atoms with Crippen molar-refractivity contribution in [3.63, 3.8) is 0 Å². The molecule has 5 atom stereocenters. The lowest BCUT2D eigenvalue weighted by Crippen LogP contribution is -2.70. The highest BCUT2D eigenvalue weighted by Gasteiger charge is 2.59. The van der Waals surface area contributed by atoms with Crippen LogP contribution in [0.5, 0.6) is 0 Å². The first-order chi connectivity index (χ1) is 15.2. The van der Waals surface area contributed by atoms with Crippen LogP contribution < -0.4 is 0 Å². The Morgan fingerprint density at radius 1 is 0.886 bits per heavy atom. The van der Waals surface area contributed by atoms with Crippen molar-refractivity contribution < 1.29 is 57.2 Å². The fraction of sp³-hybridized carbons (Fsp3) is 0.905. The molecule has 5 N–H and O–H groups in total. The lowest BCUT2D eigenvalue weighted by Gasteiger charge is -2.54. The number of hydrogen-bond acceptors (Lipinski definition) is 6. The van der Waals surface area contributed by atoms with Gasteiger partial charge < -0.3 is 30.5 Å². The number of alkyl halides is 5. The number of aliphatic hydroxyl groups is 2. The van der Waals surface area contributed by atoms with Gasteiger partial charge in [-0.25, -0.2) is 18.4 Å². The Morgan fingerprint density at radius 2 is 1.29 bits per heavy atom. The quantitative estimate of drug-likeness (QED) is 0.304. The lowest BCUT2D eigenvalue weighted by molar-refractivity contribution is -0.207. The van der Waals surface area contributed by atoms with Crippen molar-refractivity contribution in [2.24, 2.45) is 5.41 Å². The summed E-state index contributed by atoms with van der Waals surface area (Å²) in [5, 5.41) is 45.8. The summed E-state index contributed by atoms with van der Waals surface area (Å²) in [6, 6.07) is -0.865. The molecule has 9 nitrogen and oxygen atoms in total. The summed E-state index contributed by atoms with van der Waals surface area (Å²) in [6.07, 6.45) is -5.85. The molecule has 2 heterocycles. The van der Waals surface area contributed by atoms with Gasteiger partial charge in [0.2, 0.25) is 0 Å². The molecule has 0 spiro atoms. The van der Waals surface area contributed by atoms with Gasteiger partial charge in [-0.2, -0.15) is 18.2 Å². The van der Waals surface area contributed by atoms with E-state index in [4.69, 9.17) is 20.2 Å². The second-order valence-corrected chi connectivity index (χ2v) is 10.8. The molecule has 35 heavy (non-hydrogen) atoms. The normalized spacial score (nSPS) is 36.3. The molecule has 2 fully saturated rings. The van der Waals surface area contributed by atoms with Gasteiger partial charge in [-0.1, -0.05) is 20.8 Å². The summed E-state index contributed by atoms with van der Waals surface area (Å²) in [6.45, 7) is 11.2. The topological polar surface area (TPSA) is 142 Å². The molecule has 0 saturated carbocycles. The molecule has 1 amide bonds. The number of halogens is 5. The first-order valence-electron chi connectivity index (χ1n) is 10.8. The highest BCUT2D eigenvalue weighted by Crippen LogP contribution is 2.46. The molecule has 0 bridgehead atoms. The predicted octanol–water partition coefficient (Wildman–Crippen LogP) is 3.46. The van der Waals surface area contributed by atoms with Gasteiger partial charge in [0.25, 0.3) is 0 Å². The zero-order valence-corrected chi connectivity index (χ0v) is 20.9. The minimum atomic E-state index is -5.08. The number of carbonyl (C=O) groups is 2. The molecule has 0 aliphatic carbocycles. The summed E-state index contributed by atoms with van der Waals surface area (Å²) >= 11 is 0. The molecule has 0 radical (unpaired) electrons. The van der Waals surface area contributed by atoms with Crippen LogP contribution >= 0.6 is 0 Å². The van der Waals surface area contributed by atoms with Crippen LogP contribution in [0, 0.1) is 5.41 Å². The molecule has 5 unspecified atom stereocenters. The summed E-state index contributed by atoms with van der Waals surface area (Å²) in [5.41, 5.74) is -7.09. The molecular formula is C21H37F5N2O7. The van der Waals surface area contributed by atoms with Gasteiger partial charge in [0.15, 0.2) is 11.3 Å². The number of likely N-dealkylation sites (tertiary alicyclic amines) is 1. The molecule has 0 aromatic rings. The van der Waals surface area contributed by atoms with Gasteiger partial charge in [0.1, 0.15) is 0 Å². The predicted molar refractivity (Wildman–Crippen MR) is 115 cm³/mol. The van der Waals surface area contributed by atoms with E-state index in [-0.39, 0.29) is 25.9 Å². The highest BCUT2D eigenvalue weighted by atomic mass is 19.4. The second-order valence-electron chi connectivity index (χ2n) is 10.8. The minimum Gasteiger partial charge on any atom is -0.475 e. The average Bonchev–Trinajstić information content (AvgIpc) is 2.59. The summed E-state index contributed by atoms with van der Waals surface area (Å²) in [5.74, 6) is -2.76. The number of nitrogens with zero attached hydrogens (tertiary/aromatic N) is 2. The molecule has 2 aliphatic heterocycles. The molecule has 0 aromatic heterocycles. The maximum absolute atomic E-state index is 14.9. The van der Waals surface area contributed by atoms with E-state index < -0.39 is 52.2 Å². The Labute approximate surface area is 201 Å². The monoisotopic (exact) mass is 524 g/mol. The molecule has 208 valence electrons. The summed E-state index contributed by atoms with van der Waals surface area (Å²) in [4.78, 5) is 21.2. The largest absolute Gasteiger partial charge is 0.490 e. The Hall–Kier alpha value is -1.77. The Kier molecular flexibility index (Phi) is 10.1. The summed E-state index contributed by atoms with van der Waals surface area (Å²) in [7, 11) is 0. The van der Waals surface area contributed by atoms with E-state index in [0.717, 1.165) is 9.96 Å². The molecule has 2 rings (SSSR count). The SMILES string of the molecule is CC(C)(C)C1N(C(=O)O)CCC(C)(O)C1(C)F.CC1(O)CCN(O)CC1(C)F.O=C(O)C(F)(F)F. The van der Waals surface area contributed by atoms with E-state index >= 15 is 0 Å².